The molecule has 0 saturated heterocycles. The number of carbonyl (C=O) groups is 1. The van der Waals surface area contributed by atoms with Crippen molar-refractivity contribution in [1.82, 2.24) is 0 Å². The second kappa shape index (κ2) is 8.80. The van der Waals surface area contributed by atoms with Crippen LogP contribution in [0.25, 0.3) is 0 Å². The SMILES string of the molecule is Cc1ccc(C)c(NC(=O)[C@@H]2CN(S(=O)(=O)c3ccccc3)c3cc(C(C)(C)C)ccc3O2)c1. The third kappa shape index (κ3) is 4.66. The van der Waals surface area contributed by atoms with Gasteiger partial charge in [-0.25, -0.2) is 8.42 Å². The molecule has 0 aromatic heterocycles. The van der Waals surface area contributed by atoms with E-state index in [2.05, 4.69) is 26.1 Å². The summed E-state index contributed by atoms with van der Waals surface area (Å²) in [6, 6.07) is 19.6. The van der Waals surface area contributed by atoms with Gasteiger partial charge in [0.1, 0.15) is 5.75 Å². The van der Waals surface area contributed by atoms with Crippen LogP contribution >= 0.6 is 0 Å². The van der Waals surface area contributed by atoms with E-state index in [-0.39, 0.29) is 16.9 Å². The van der Waals surface area contributed by atoms with Crippen LogP contribution in [0.4, 0.5) is 11.4 Å². The molecule has 0 fully saturated rings. The van der Waals surface area contributed by atoms with E-state index in [1.54, 1.807) is 36.4 Å². The summed E-state index contributed by atoms with van der Waals surface area (Å²) >= 11 is 0. The molecule has 0 aliphatic carbocycles. The van der Waals surface area contributed by atoms with Gasteiger partial charge >= 0.3 is 0 Å². The summed E-state index contributed by atoms with van der Waals surface area (Å²) in [6.07, 6.45) is -1.01. The summed E-state index contributed by atoms with van der Waals surface area (Å²) in [5, 5.41) is 2.91. The fraction of sp³-hybridized carbons (Fsp3) is 0.296. The summed E-state index contributed by atoms with van der Waals surface area (Å²) in [6.45, 7) is 9.92. The first-order chi connectivity index (χ1) is 16.0. The van der Waals surface area contributed by atoms with Crippen LogP contribution in [0.2, 0.25) is 0 Å². The van der Waals surface area contributed by atoms with Crippen molar-refractivity contribution in [1.29, 1.82) is 0 Å². The Labute approximate surface area is 201 Å². The van der Waals surface area contributed by atoms with Gasteiger partial charge in [0, 0.05) is 5.69 Å². The van der Waals surface area contributed by atoms with Gasteiger partial charge in [-0.15, -0.1) is 0 Å². The fourth-order valence-electron chi connectivity index (χ4n) is 3.89. The number of hydrogen-bond donors (Lipinski definition) is 1. The van der Waals surface area contributed by atoms with Crippen LogP contribution in [0.15, 0.2) is 71.6 Å². The van der Waals surface area contributed by atoms with Gasteiger partial charge in [-0.3, -0.25) is 9.10 Å². The summed E-state index contributed by atoms with van der Waals surface area (Å²) < 4.78 is 34.7. The van der Waals surface area contributed by atoms with Crippen LogP contribution < -0.4 is 14.4 Å². The Kier molecular flexibility index (Phi) is 6.16. The lowest BCUT2D eigenvalue weighted by Gasteiger charge is -2.36. The molecule has 1 amide bonds. The van der Waals surface area contributed by atoms with Crippen molar-refractivity contribution in [3.63, 3.8) is 0 Å². The lowest BCUT2D eigenvalue weighted by Crippen LogP contribution is -2.49. The monoisotopic (exact) mass is 478 g/mol. The highest BCUT2D eigenvalue weighted by Crippen LogP contribution is 2.40. The Morgan fingerprint density at radius 1 is 1.00 bits per heavy atom. The number of amides is 1. The largest absolute Gasteiger partial charge is 0.476 e. The maximum Gasteiger partial charge on any atom is 0.267 e. The normalized spacial score (nSPS) is 15.9. The second-order valence-electron chi connectivity index (χ2n) is 9.70. The van der Waals surface area contributed by atoms with E-state index in [9.17, 15) is 13.2 Å². The molecule has 4 rings (SSSR count). The Morgan fingerprint density at radius 2 is 1.71 bits per heavy atom. The summed E-state index contributed by atoms with van der Waals surface area (Å²) in [4.78, 5) is 13.4. The third-order valence-electron chi connectivity index (χ3n) is 5.97. The highest BCUT2D eigenvalue weighted by atomic mass is 32.2. The van der Waals surface area contributed by atoms with Gasteiger partial charge in [0.25, 0.3) is 15.9 Å². The van der Waals surface area contributed by atoms with E-state index < -0.39 is 22.0 Å². The van der Waals surface area contributed by atoms with Crippen molar-refractivity contribution in [2.75, 3.05) is 16.2 Å². The second-order valence-corrected chi connectivity index (χ2v) is 11.6. The van der Waals surface area contributed by atoms with Gasteiger partial charge < -0.3 is 10.1 Å². The van der Waals surface area contributed by atoms with Crippen molar-refractivity contribution in [2.45, 2.75) is 51.0 Å². The lowest BCUT2D eigenvalue weighted by molar-refractivity contribution is -0.122. The maximum absolute atomic E-state index is 13.7. The van der Waals surface area contributed by atoms with Crippen LogP contribution in [-0.4, -0.2) is 27.0 Å². The number of sulfonamides is 1. The van der Waals surface area contributed by atoms with Gasteiger partial charge in [0.2, 0.25) is 0 Å². The number of carbonyl (C=O) groups excluding carboxylic acids is 1. The molecule has 1 heterocycles. The first kappa shape index (κ1) is 23.8. The molecule has 1 aliphatic rings. The van der Waals surface area contributed by atoms with E-state index in [0.717, 1.165) is 16.7 Å². The Balaban J connectivity index is 1.75. The predicted octanol–water partition coefficient (Wildman–Crippen LogP) is 5.20. The molecule has 178 valence electrons. The van der Waals surface area contributed by atoms with Crippen LogP contribution in [0.1, 0.15) is 37.5 Å². The fourth-order valence-corrected chi connectivity index (χ4v) is 5.37. The average Bonchev–Trinajstić information content (AvgIpc) is 2.80. The van der Waals surface area contributed by atoms with E-state index in [1.807, 2.05) is 44.2 Å². The van der Waals surface area contributed by atoms with Crippen LogP contribution in [0, 0.1) is 13.8 Å². The number of fused-ring (bicyclic) bond motifs is 1. The molecule has 3 aromatic rings. The molecule has 3 aromatic carbocycles. The number of nitrogens with one attached hydrogen (secondary N) is 1. The van der Waals surface area contributed by atoms with Crippen molar-refractivity contribution in [3.05, 3.63) is 83.4 Å². The molecule has 0 bridgehead atoms. The number of hydrogen-bond acceptors (Lipinski definition) is 4. The van der Waals surface area contributed by atoms with E-state index in [4.69, 9.17) is 4.74 Å². The molecule has 7 heteroatoms. The zero-order chi connectivity index (χ0) is 24.7. The smallest absolute Gasteiger partial charge is 0.267 e. The number of aryl methyl sites for hydroxylation is 2. The Morgan fingerprint density at radius 3 is 2.38 bits per heavy atom. The van der Waals surface area contributed by atoms with Gasteiger partial charge in [-0.2, -0.15) is 0 Å². The number of benzene rings is 3. The van der Waals surface area contributed by atoms with Crippen molar-refractivity contribution in [2.24, 2.45) is 0 Å². The molecule has 34 heavy (non-hydrogen) atoms. The zero-order valence-electron chi connectivity index (χ0n) is 20.1. The van der Waals surface area contributed by atoms with Crippen molar-refractivity contribution in [3.8, 4) is 5.75 Å². The summed E-state index contributed by atoms with van der Waals surface area (Å²) in [7, 11) is -3.92. The molecule has 0 spiro atoms. The Hall–Kier alpha value is -3.32. The van der Waals surface area contributed by atoms with Gasteiger partial charge in [-0.05, 0) is 66.3 Å². The first-order valence-corrected chi connectivity index (χ1v) is 12.7. The Bertz CT molecular complexity index is 1330. The molecule has 1 aliphatic heterocycles. The lowest BCUT2D eigenvalue weighted by atomic mass is 9.86. The number of rotatable bonds is 4. The quantitative estimate of drug-likeness (QED) is 0.560. The van der Waals surface area contributed by atoms with E-state index >= 15 is 0 Å². The molecule has 0 radical (unpaired) electrons. The minimum absolute atomic E-state index is 0.130. The van der Waals surface area contributed by atoms with Gasteiger partial charge in [-0.1, -0.05) is 57.2 Å². The standard InChI is InChI=1S/C27H30N2O4S/c1-18-11-12-19(2)22(15-18)28-26(30)25-17-29(34(31,32)21-9-7-6-8-10-21)23-16-20(27(3,4)5)13-14-24(23)33-25/h6-16,25H,17H2,1-5H3,(H,28,30)/t25-/m0/s1. The minimum Gasteiger partial charge on any atom is -0.476 e. The topological polar surface area (TPSA) is 75.7 Å². The molecular weight excluding hydrogens is 448 g/mol. The van der Waals surface area contributed by atoms with E-state index in [0.29, 0.717) is 17.1 Å². The molecular formula is C27H30N2O4S. The van der Waals surface area contributed by atoms with Crippen molar-refractivity contribution >= 4 is 27.3 Å². The number of anilines is 2. The summed E-state index contributed by atoms with van der Waals surface area (Å²) in [5.74, 6) is -0.0348. The van der Waals surface area contributed by atoms with Crippen LogP contribution in [0.3, 0.4) is 0 Å². The van der Waals surface area contributed by atoms with Gasteiger partial charge in [0.15, 0.2) is 6.10 Å². The molecule has 1 N–H and O–H groups in total. The highest BCUT2D eigenvalue weighted by Gasteiger charge is 2.38. The zero-order valence-corrected chi connectivity index (χ0v) is 20.9. The van der Waals surface area contributed by atoms with Crippen molar-refractivity contribution < 1.29 is 17.9 Å². The maximum atomic E-state index is 13.7. The predicted molar refractivity (Wildman–Crippen MR) is 135 cm³/mol. The number of ether oxygens (including phenoxy) is 1. The van der Waals surface area contributed by atoms with Crippen LogP contribution in [-0.2, 0) is 20.2 Å². The van der Waals surface area contributed by atoms with E-state index in [1.165, 1.54) is 4.31 Å². The molecule has 0 unspecified atom stereocenters. The molecule has 1 atom stereocenters. The third-order valence-corrected chi connectivity index (χ3v) is 7.76. The average molecular weight is 479 g/mol. The van der Waals surface area contributed by atoms with Gasteiger partial charge in [0.05, 0.1) is 17.1 Å². The number of nitrogens with zero attached hydrogens (tertiary/aromatic N) is 1. The highest BCUT2D eigenvalue weighted by molar-refractivity contribution is 7.92. The van der Waals surface area contributed by atoms with Crippen LogP contribution in [0.5, 0.6) is 5.75 Å². The minimum atomic E-state index is -3.92. The molecule has 0 saturated carbocycles. The molecule has 6 nitrogen and oxygen atoms in total. The summed E-state index contributed by atoms with van der Waals surface area (Å²) in [5.41, 5.74) is 3.83. The first-order valence-electron chi connectivity index (χ1n) is 11.2.